The zero-order chi connectivity index (χ0) is 16.1. The van der Waals surface area contributed by atoms with E-state index in [0.717, 1.165) is 17.7 Å². The Hall–Kier alpha value is -1.84. The minimum Gasteiger partial charge on any atom is -0.390 e. The Morgan fingerprint density at radius 3 is 2.64 bits per heavy atom. The summed E-state index contributed by atoms with van der Waals surface area (Å²) in [5.74, 6) is 0.579. The van der Waals surface area contributed by atoms with Gasteiger partial charge in [-0.1, -0.05) is 48.8 Å². The third kappa shape index (κ3) is 4.33. The molecule has 1 atom stereocenters. The summed E-state index contributed by atoms with van der Waals surface area (Å²) < 4.78 is 0. The lowest BCUT2D eigenvalue weighted by molar-refractivity contribution is -0.133. The van der Waals surface area contributed by atoms with Gasteiger partial charge in [0.15, 0.2) is 6.10 Å². The number of oxime groups is 1. The predicted octanol–water partition coefficient (Wildman–Crippen LogP) is 3.38. The highest BCUT2D eigenvalue weighted by molar-refractivity contribution is 6.01. The molecule has 1 aliphatic rings. The van der Waals surface area contributed by atoms with Crippen LogP contribution in [0.2, 0.25) is 0 Å². The van der Waals surface area contributed by atoms with Gasteiger partial charge in [0.05, 0.1) is 12.3 Å². The van der Waals surface area contributed by atoms with Crippen LogP contribution in [-0.2, 0) is 9.63 Å². The van der Waals surface area contributed by atoms with Crippen molar-refractivity contribution < 1.29 is 9.63 Å². The molecule has 1 amide bonds. The van der Waals surface area contributed by atoms with Gasteiger partial charge < -0.3 is 9.74 Å². The van der Waals surface area contributed by atoms with Crippen molar-refractivity contribution in [3.05, 3.63) is 35.4 Å². The normalized spacial score (nSPS) is 17.3. The van der Waals surface area contributed by atoms with Crippen LogP contribution in [0, 0.1) is 12.8 Å². The van der Waals surface area contributed by atoms with E-state index < -0.39 is 0 Å². The van der Waals surface area contributed by atoms with E-state index in [9.17, 15) is 4.79 Å². The Morgan fingerprint density at radius 1 is 1.36 bits per heavy atom. The minimum absolute atomic E-state index is 0.0348. The molecule has 0 aromatic heterocycles. The summed E-state index contributed by atoms with van der Waals surface area (Å²) in [6, 6.07) is 8.30. The molecule has 0 radical (unpaired) electrons. The van der Waals surface area contributed by atoms with Crippen molar-refractivity contribution >= 4 is 11.6 Å². The number of rotatable bonds is 6. The molecule has 0 bridgehead atoms. The van der Waals surface area contributed by atoms with Gasteiger partial charge in [-0.2, -0.15) is 0 Å². The van der Waals surface area contributed by atoms with Gasteiger partial charge in [-0.25, -0.2) is 0 Å². The summed E-state index contributed by atoms with van der Waals surface area (Å²) in [5, 5.41) is 4.20. The lowest BCUT2D eigenvalue weighted by Gasteiger charge is -2.24. The van der Waals surface area contributed by atoms with E-state index in [4.69, 9.17) is 4.84 Å². The van der Waals surface area contributed by atoms with Gasteiger partial charge in [-0.3, -0.25) is 4.79 Å². The zero-order valence-electron chi connectivity index (χ0n) is 14.0. The third-order valence-corrected chi connectivity index (χ3v) is 3.86. The van der Waals surface area contributed by atoms with Crippen LogP contribution in [0.15, 0.2) is 29.4 Å². The van der Waals surface area contributed by atoms with E-state index in [-0.39, 0.29) is 12.0 Å². The molecule has 0 unspecified atom stereocenters. The number of hydrogen-bond donors (Lipinski definition) is 0. The molecule has 4 nitrogen and oxygen atoms in total. The SMILES string of the molecule is CCN(C[C@H]1CC(c2ccc(C)cc2)=NO1)C(=O)CC(C)C. The van der Waals surface area contributed by atoms with Gasteiger partial charge in [0.2, 0.25) is 5.91 Å². The van der Waals surface area contributed by atoms with Crippen LogP contribution in [0.3, 0.4) is 0 Å². The maximum absolute atomic E-state index is 12.2. The van der Waals surface area contributed by atoms with Gasteiger partial charge in [0, 0.05) is 19.4 Å². The standard InChI is InChI=1S/C18H26N2O2/c1-5-20(18(21)10-13(2)3)12-16-11-17(19-22-16)15-8-6-14(4)7-9-15/h6-9,13,16H,5,10-12H2,1-4H3/t16-/m1/s1. The van der Waals surface area contributed by atoms with Crippen LogP contribution in [0.1, 0.15) is 44.7 Å². The van der Waals surface area contributed by atoms with Gasteiger partial charge in [-0.15, -0.1) is 0 Å². The van der Waals surface area contributed by atoms with Crippen LogP contribution in [0.5, 0.6) is 0 Å². The molecule has 1 aromatic rings. The Morgan fingerprint density at radius 2 is 2.05 bits per heavy atom. The van der Waals surface area contributed by atoms with Crippen LogP contribution < -0.4 is 0 Å². The summed E-state index contributed by atoms with van der Waals surface area (Å²) >= 11 is 0. The monoisotopic (exact) mass is 302 g/mol. The van der Waals surface area contributed by atoms with Crippen LogP contribution in [-0.4, -0.2) is 35.7 Å². The van der Waals surface area contributed by atoms with Gasteiger partial charge in [0.1, 0.15) is 0 Å². The van der Waals surface area contributed by atoms with E-state index in [0.29, 0.717) is 25.4 Å². The van der Waals surface area contributed by atoms with Crippen LogP contribution in [0.4, 0.5) is 0 Å². The molecule has 1 aliphatic heterocycles. The van der Waals surface area contributed by atoms with Crippen molar-refractivity contribution in [3.63, 3.8) is 0 Å². The van der Waals surface area contributed by atoms with Gasteiger partial charge >= 0.3 is 0 Å². The Labute approximate surface area is 133 Å². The van der Waals surface area contributed by atoms with Crippen molar-refractivity contribution in [2.45, 2.75) is 46.6 Å². The molecule has 22 heavy (non-hydrogen) atoms. The van der Waals surface area contributed by atoms with Crippen molar-refractivity contribution in [3.8, 4) is 0 Å². The Kier molecular flexibility index (Phi) is 5.58. The smallest absolute Gasteiger partial charge is 0.222 e. The third-order valence-electron chi connectivity index (χ3n) is 3.86. The van der Waals surface area contributed by atoms with Crippen molar-refractivity contribution in [1.29, 1.82) is 0 Å². The number of amides is 1. The van der Waals surface area contributed by atoms with Gasteiger partial charge in [0.25, 0.3) is 0 Å². The highest BCUT2D eigenvalue weighted by Gasteiger charge is 2.26. The number of aryl methyl sites for hydroxylation is 1. The van der Waals surface area contributed by atoms with Crippen molar-refractivity contribution in [2.75, 3.05) is 13.1 Å². The fraction of sp³-hybridized carbons (Fsp3) is 0.556. The van der Waals surface area contributed by atoms with E-state index in [1.807, 2.05) is 11.8 Å². The maximum Gasteiger partial charge on any atom is 0.222 e. The van der Waals surface area contributed by atoms with E-state index in [1.54, 1.807) is 0 Å². The molecule has 120 valence electrons. The first-order valence-electron chi connectivity index (χ1n) is 8.07. The van der Waals surface area contributed by atoms with E-state index in [2.05, 4.69) is 50.2 Å². The number of benzene rings is 1. The molecule has 0 N–H and O–H groups in total. The summed E-state index contributed by atoms with van der Waals surface area (Å²) in [5.41, 5.74) is 3.30. The number of carbonyl (C=O) groups is 1. The molecular weight excluding hydrogens is 276 g/mol. The predicted molar refractivity (Wildman–Crippen MR) is 88.9 cm³/mol. The summed E-state index contributed by atoms with van der Waals surface area (Å²) in [7, 11) is 0. The van der Waals surface area contributed by atoms with Gasteiger partial charge in [-0.05, 0) is 25.3 Å². The number of nitrogens with zero attached hydrogens (tertiary/aromatic N) is 2. The summed E-state index contributed by atoms with van der Waals surface area (Å²) in [4.78, 5) is 19.6. The zero-order valence-corrected chi connectivity index (χ0v) is 14.0. The molecule has 1 heterocycles. The highest BCUT2D eigenvalue weighted by atomic mass is 16.6. The van der Waals surface area contributed by atoms with Crippen LogP contribution >= 0.6 is 0 Å². The average Bonchev–Trinajstić information content (AvgIpc) is 2.93. The molecule has 0 fully saturated rings. The first-order chi connectivity index (χ1) is 10.5. The largest absolute Gasteiger partial charge is 0.390 e. The minimum atomic E-state index is -0.0348. The van der Waals surface area contributed by atoms with Crippen molar-refractivity contribution in [2.24, 2.45) is 11.1 Å². The molecule has 1 aromatic carbocycles. The number of likely N-dealkylation sites (N-methyl/N-ethyl adjacent to an activating group) is 1. The first-order valence-corrected chi connectivity index (χ1v) is 8.07. The van der Waals surface area contributed by atoms with E-state index >= 15 is 0 Å². The first kappa shape index (κ1) is 16.5. The lowest BCUT2D eigenvalue weighted by atomic mass is 10.0. The van der Waals surface area contributed by atoms with E-state index in [1.165, 1.54) is 5.56 Å². The fourth-order valence-electron chi connectivity index (χ4n) is 2.57. The molecule has 0 spiro atoms. The molecule has 0 saturated carbocycles. The maximum atomic E-state index is 12.2. The summed E-state index contributed by atoms with van der Waals surface area (Å²) in [6.45, 7) is 9.53. The number of hydrogen-bond acceptors (Lipinski definition) is 3. The molecule has 0 saturated heterocycles. The quantitative estimate of drug-likeness (QED) is 0.808. The molecule has 2 rings (SSSR count). The fourth-order valence-corrected chi connectivity index (χ4v) is 2.57. The second-order valence-corrected chi connectivity index (χ2v) is 6.37. The Balaban J connectivity index is 1.91. The second-order valence-electron chi connectivity index (χ2n) is 6.37. The molecule has 4 heteroatoms. The second kappa shape index (κ2) is 7.43. The van der Waals surface area contributed by atoms with Crippen LogP contribution in [0.25, 0.3) is 0 Å². The topological polar surface area (TPSA) is 41.9 Å². The van der Waals surface area contributed by atoms with Crippen molar-refractivity contribution in [1.82, 2.24) is 4.90 Å². The lowest BCUT2D eigenvalue weighted by Crippen LogP contribution is -2.38. The average molecular weight is 302 g/mol. The molecule has 0 aliphatic carbocycles. The Bertz CT molecular complexity index is 535. The highest BCUT2D eigenvalue weighted by Crippen LogP contribution is 2.18. The molecular formula is C18H26N2O2. The summed E-state index contributed by atoms with van der Waals surface area (Å²) in [6.07, 6.45) is 1.31. The number of carbonyl (C=O) groups excluding carboxylic acids is 1.